The second kappa shape index (κ2) is 6.51. The standard InChI is InChI=1S/C17H18ClNO3S/c1-22-15-8-4-13(5-9-15)17-3-2-12-19(17)23(20,21)16-10-6-14(18)7-11-16/h4-11,17H,2-3,12H2,1H3/t17-/m0/s1. The first-order valence-corrected chi connectivity index (χ1v) is 9.25. The quantitative estimate of drug-likeness (QED) is 0.839. The molecule has 0 saturated carbocycles. The van der Waals surface area contributed by atoms with Crippen molar-refractivity contribution in [2.45, 2.75) is 23.8 Å². The van der Waals surface area contributed by atoms with Crippen LogP contribution in [0.4, 0.5) is 0 Å². The molecule has 0 amide bonds. The van der Waals surface area contributed by atoms with Gasteiger partial charge in [0, 0.05) is 11.6 Å². The lowest BCUT2D eigenvalue weighted by molar-refractivity contribution is 0.394. The van der Waals surface area contributed by atoms with Crippen molar-refractivity contribution in [3.05, 3.63) is 59.1 Å². The average Bonchev–Trinajstić information content (AvgIpc) is 3.06. The van der Waals surface area contributed by atoms with E-state index in [2.05, 4.69) is 0 Å². The molecular formula is C17H18ClNO3S. The third-order valence-corrected chi connectivity index (χ3v) is 6.30. The van der Waals surface area contributed by atoms with E-state index in [0.29, 0.717) is 11.6 Å². The summed E-state index contributed by atoms with van der Waals surface area (Å²) in [4.78, 5) is 0.280. The molecule has 1 aliphatic rings. The monoisotopic (exact) mass is 351 g/mol. The largest absolute Gasteiger partial charge is 0.497 e. The number of halogens is 1. The molecule has 0 aliphatic carbocycles. The summed E-state index contributed by atoms with van der Waals surface area (Å²) in [6.07, 6.45) is 1.67. The Balaban J connectivity index is 1.92. The van der Waals surface area contributed by atoms with E-state index in [-0.39, 0.29) is 10.9 Å². The number of sulfonamides is 1. The van der Waals surface area contributed by atoms with Crippen molar-refractivity contribution in [1.29, 1.82) is 0 Å². The van der Waals surface area contributed by atoms with E-state index in [9.17, 15) is 8.42 Å². The smallest absolute Gasteiger partial charge is 0.243 e. The van der Waals surface area contributed by atoms with Crippen LogP contribution >= 0.6 is 11.6 Å². The summed E-state index contributed by atoms with van der Waals surface area (Å²) >= 11 is 5.85. The minimum absolute atomic E-state index is 0.137. The number of nitrogens with zero attached hydrogens (tertiary/aromatic N) is 1. The summed E-state index contributed by atoms with van der Waals surface area (Å²) in [5, 5.41) is 0.525. The molecule has 0 radical (unpaired) electrons. The molecular weight excluding hydrogens is 334 g/mol. The van der Waals surface area contributed by atoms with Crippen molar-refractivity contribution in [3.63, 3.8) is 0 Å². The normalized spacial score (nSPS) is 19.0. The summed E-state index contributed by atoms with van der Waals surface area (Å²) < 4.78 is 32.6. The maximum Gasteiger partial charge on any atom is 0.243 e. The molecule has 0 bridgehead atoms. The van der Waals surface area contributed by atoms with Gasteiger partial charge >= 0.3 is 0 Å². The van der Waals surface area contributed by atoms with Crippen molar-refractivity contribution in [3.8, 4) is 5.75 Å². The molecule has 23 heavy (non-hydrogen) atoms. The zero-order chi connectivity index (χ0) is 16.4. The van der Waals surface area contributed by atoms with Crippen molar-refractivity contribution in [1.82, 2.24) is 4.31 Å². The first-order valence-electron chi connectivity index (χ1n) is 7.44. The fourth-order valence-corrected chi connectivity index (χ4v) is 4.74. The Morgan fingerprint density at radius 3 is 2.35 bits per heavy atom. The van der Waals surface area contributed by atoms with Gasteiger partial charge in [-0.15, -0.1) is 0 Å². The van der Waals surface area contributed by atoms with E-state index in [1.807, 2.05) is 24.3 Å². The number of ether oxygens (including phenoxy) is 1. The highest BCUT2D eigenvalue weighted by molar-refractivity contribution is 7.89. The molecule has 0 N–H and O–H groups in total. The molecule has 122 valence electrons. The lowest BCUT2D eigenvalue weighted by Crippen LogP contribution is -2.30. The van der Waals surface area contributed by atoms with Gasteiger partial charge in [-0.25, -0.2) is 8.42 Å². The zero-order valence-corrected chi connectivity index (χ0v) is 14.3. The van der Waals surface area contributed by atoms with E-state index in [0.717, 1.165) is 24.2 Å². The molecule has 0 aromatic heterocycles. The second-order valence-corrected chi connectivity index (χ2v) is 7.83. The van der Waals surface area contributed by atoms with Gasteiger partial charge in [0.05, 0.1) is 18.0 Å². The Morgan fingerprint density at radius 1 is 1.09 bits per heavy atom. The third-order valence-electron chi connectivity index (χ3n) is 4.12. The summed E-state index contributed by atoms with van der Waals surface area (Å²) in [6.45, 7) is 0.529. The Labute approximate surface area is 141 Å². The van der Waals surface area contributed by atoms with Crippen molar-refractivity contribution in [2.24, 2.45) is 0 Å². The predicted octanol–water partition coefficient (Wildman–Crippen LogP) is 3.87. The number of rotatable bonds is 4. The lowest BCUT2D eigenvalue weighted by Gasteiger charge is -2.24. The van der Waals surface area contributed by atoms with Gasteiger partial charge in [0.15, 0.2) is 0 Å². The van der Waals surface area contributed by atoms with Crippen molar-refractivity contribution >= 4 is 21.6 Å². The summed E-state index contributed by atoms with van der Waals surface area (Å²) in [5.41, 5.74) is 0.987. The zero-order valence-electron chi connectivity index (χ0n) is 12.8. The summed E-state index contributed by atoms with van der Waals surface area (Å²) in [6, 6.07) is 13.8. The third kappa shape index (κ3) is 3.22. The van der Waals surface area contributed by atoms with Gasteiger partial charge in [0.1, 0.15) is 5.75 Å². The van der Waals surface area contributed by atoms with Gasteiger partial charge in [-0.2, -0.15) is 4.31 Å². The van der Waals surface area contributed by atoms with Gasteiger partial charge in [0.25, 0.3) is 0 Å². The minimum atomic E-state index is -3.53. The molecule has 0 spiro atoms. The van der Waals surface area contributed by atoms with Crippen LogP contribution in [0.3, 0.4) is 0 Å². The highest BCUT2D eigenvalue weighted by Gasteiger charge is 2.36. The second-order valence-electron chi connectivity index (χ2n) is 5.50. The number of benzene rings is 2. The van der Waals surface area contributed by atoms with Crippen molar-refractivity contribution in [2.75, 3.05) is 13.7 Å². The average molecular weight is 352 g/mol. The molecule has 1 aliphatic heterocycles. The van der Waals surface area contributed by atoms with E-state index < -0.39 is 10.0 Å². The van der Waals surface area contributed by atoms with E-state index >= 15 is 0 Å². The Kier molecular flexibility index (Phi) is 4.62. The molecule has 1 heterocycles. The van der Waals surface area contributed by atoms with Crippen LogP contribution in [0.5, 0.6) is 5.75 Å². The van der Waals surface area contributed by atoms with Gasteiger partial charge in [-0.1, -0.05) is 23.7 Å². The molecule has 0 unspecified atom stereocenters. The van der Waals surface area contributed by atoms with Crippen LogP contribution in [-0.4, -0.2) is 26.4 Å². The van der Waals surface area contributed by atoms with E-state index in [1.54, 1.807) is 35.7 Å². The maximum absolute atomic E-state index is 12.9. The van der Waals surface area contributed by atoms with Crippen LogP contribution in [0.15, 0.2) is 53.4 Å². The van der Waals surface area contributed by atoms with E-state index in [1.165, 1.54) is 0 Å². The maximum atomic E-state index is 12.9. The molecule has 4 nitrogen and oxygen atoms in total. The van der Waals surface area contributed by atoms with Gasteiger partial charge in [-0.3, -0.25) is 0 Å². The Bertz CT molecular complexity index is 772. The number of methoxy groups -OCH3 is 1. The molecule has 1 saturated heterocycles. The van der Waals surface area contributed by atoms with Gasteiger partial charge < -0.3 is 4.74 Å². The van der Waals surface area contributed by atoms with Crippen LogP contribution in [0.2, 0.25) is 5.02 Å². The van der Waals surface area contributed by atoms with Crippen molar-refractivity contribution < 1.29 is 13.2 Å². The highest BCUT2D eigenvalue weighted by atomic mass is 35.5. The van der Waals surface area contributed by atoms with Crippen LogP contribution in [0.1, 0.15) is 24.4 Å². The fraction of sp³-hybridized carbons (Fsp3) is 0.294. The lowest BCUT2D eigenvalue weighted by atomic mass is 10.1. The summed E-state index contributed by atoms with van der Waals surface area (Å²) in [7, 11) is -1.91. The molecule has 3 rings (SSSR count). The first-order chi connectivity index (χ1) is 11.0. The molecule has 1 atom stereocenters. The summed E-state index contributed by atoms with van der Waals surface area (Å²) in [5.74, 6) is 0.763. The van der Waals surface area contributed by atoms with Gasteiger partial charge in [-0.05, 0) is 54.8 Å². The Hall–Kier alpha value is -1.56. The SMILES string of the molecule is COc1ccc([C@@H]2CCCN2S(=O)(=O)c2ccc(Cl)cc2)cc1. The topological polar surface area (TPSA) is 46.6 Å². The molecule has 2 aromatic carbocycles. The minimum Gasteiger partial charge on any atom is -0.497 e. The first kappa shape index (κ1) is 16.3. The number of hydrogen-bond acceptors (Lipinski definition) is 3. The Morgan fingerprint density at radius 2 is 1.74 bits per heavy atom. The van der Waals surface area contributed by atoms with Crippen LogP contribution in [0, 0.1) is 0 Å². The molecule has 6 heteroatoms. The fourth-order valence-electron chi connectivity index (χ4n) is 2.93. The number of hydrogen-bond donors (Lipinski definition) is 0. The van der Waals surface area contributed by atoms with Crippen LogP contribution in [0.25, 0.3) is 0 Å². The predicted molar refractivity (Wildman–Crippen MR) is 90.3 cm³/mol. The molecule has 2 aromatic rings. The highest BCUT2D eigenvalue weighted by Crippen LogP contribution is 2.37. The van der Waals surface area contributed by atoms with E-state index in [4.69, 9.17) is 16.3 Å². The van der Waals surface area contributed by atoms with Crippen LogP contribution in [-0.2, 0) is 10.0 Å². The van der Waals surface area contributed by atoms with Crippen LogP contribution < -0.4 is 4.74 Å². The molecule has 1 fully saturated rings. The van der Waals surface area contributed by atoms with Gasteiger partial charge in [0.2, 0.25) is 10.0 Å².